The minimum Gasteiger partial charge on any atom is -0.395 e. The number of carbonyl (C=O) groups excluding carboxylic acids is 3. The Balaban J connectivity index is 1.77. The van der Waals surface area contributed by atoms with E-state index in [4.69, 9.17) is 11.5 Å². The van der Waals surface area contributed by atoms with Crippen molar-refractivity contribution in [2.24, 2.45) is 5.73 Å². The molecule has 1 fully saturated rings. The number of nitrogens with two attached hydrogens (primary N) is 2. The van der Waals surface area contributed by atoms with Gasteiger partial charge in [0.15, 0.2) is 5.69 Å². The number of nitrogen functional groups attached to an aromatic ring is 1. The summed E-state index contributed by atoms with van der Waals surface area (Å²) in [5.74, 6) is -2.22. The predicted octanol–water partition coefficient (Wildman–Crippen LogP) is 2.80. The number of amides is 3. The number of halogens is 1. The molecular weight excluding hydrogens is 471 g/mol. The summed E-state index contributed by atoms with van der Waals surface area (Å²) < 4.78 is 17.5. The molecule has 1 unspecified atom stereocenters. The van der Waals surface area contributed by atoms with Gasteiger partial charge in [0.2, 0.25) is 5.91 Å². The molecule has 1 aliphatic rings. The highest BCUT2D eigenvalue weighted by Crippen LogP contribution is 2.31. The second-order valence-electron chi connectivity index (χ2n) is 8.37. The second-order valence-corrected chi connectivity index (χ2v) is 9.14. The first-order valence-electron chi connectivity index (χ1n) is 11.2. The maximum Gasteiger partial charge on any atom is 0.270 e. The van der Waals surface area contributed by atoms with E-state index in [9.17, 15) is 18.8 Å². The summed E-state index contributed by atoms with van der Waals surface area (Å²) in [6, 6.07) is 7.95. The van der Waals surface area contributed by atoms with Crippen molar-refractivity contribution in [2.45, 2.75) is 44.3 Å². The van der Waals surface area contributed by atoms with E-state index in [1.54, 1.807) is 24.3 Å². The van der Waals surface area contributed by atoms with Crippen LogP contribution in [0.15, 0.2) is 48.8 Å². The van der Waals surface area contributed by atoms with Crippen LogP contribution in [-0.2, 0) is 11.3 Å². The minimum atomic E-state index is -1.03. The number of anilines is 1. The maximum atomic E-state index is 13.8. The molecule has 0 aliphatic heterocycles. The highest BCUT2D eigenvalue weighted by atomic mass is 32.1. The van der Waals surface area contributed by atoms with Crippen LogP contribution >= 0.6 is 11.5 Å². The lowest BCUT2D eigenvalue weighted by atomic mass is 10.0. The largest absolute Gasteiger partial charge is 0.395 e. The van der Waals surface area contributed by atoms with Crippen LogP contribution in [0, 0.1) is 5.82 Å². The standard InChI is InChI=1S/C24H25FN6O3S/c25-16-7-5-14(6-8-16)13-31(24(34)21-18(26)19(22(27)32)30-35-21)20(15-9-11-28-12-10-15)23(33)29-17-3-1-2-4-17/h5-12,17,20H,1-4,13,26H2,(H2,27,32)(H,29,33). The number of hydrogen-bond donors (Lipinski definition) is 3. The normalized spacial score (nSPS) is 14.4. The van der Waals surface area contributed by atoms with E-state index < -0.39 is 23.7 Å². The van der Waals surface area contributed by atoms with Crippen molar-refractivity contribution < 1.29 is 18.8 Å². The Morgan fingerprint density at radius 1 is 1.11 bits per heavy atom. The molecule has 3 aromatic rings. The average Bonchev–Trinajstić information content (AvgIpc) is 3.49. The zero-order chi connectivity index (χ0) is 24.9. The van der Waals surface area contributed by atoms with Crippen LogP contribution in [0.2, 0.25) is 0 Å². The fourth-order valence-electron chi connectivity index (χ4n) is 4.20. The van der Waals surface area contributed by atoms with Crippen LogP contribution in [0.3, 0.4) is 0 Å². The van der Waals surface area contributed by atoms with E-state index in [0.717, 1.165) is 37.2 Å². The van der Waals surface area contributed by atoms with E-state index in [0.29, 0.717) is 11.1 Å². The molecule has 182 valence electrons. The lowest BCUT2D eigenvalue weighted by molar-refractivity contribution is -0.126. The van der Waals surface area contributed by atoms with Crippen molar-refractivity contribution >= 4 is 34.9 Å². The number of aromatic nitrogens is 2. The van der Waals surface area contributed by atoms with Gasteiger partial charge in [-0.3, -0.25) is 19.4 Å². The Hall–Kier alpha value is -3.86. The lowest BCUT2D eigenvalue weighted by Gasteiger charge is -2.32. The van der Waals surface area contributed by atoms with Crippen LogP contribution in [0.25, 0.3) is 0 Å². The van der Waals surface area contributed by atoms with Gasteiger partial charge in [0.25, 0.3) is 11.8 Å². The molecule has 3 amide bonds. The number of benzene rings is 1. The summed E-state index contributed by atoms with van der Waals surface area (Å²) in [6.45, 7) is -0.0204. The third kappa shape index (κ3) is 5.46. The van der Waals surface area contributed by atoms with Crippen molar-refractivity contribution in [3.05, 3.63) is 76.3 Å². The Morgan fingerprint density at radius 3 is 2.37 bits per heavy atom. The smallest absolute Gasteiger partial charge is 0.270 e. The van der Waals surface area contributed by atoms with E-state index in [1.807, 2.05) is 0 Å². The van der Waals surface area contributed by atoms with Gasteiger partial charge in [-0.2, -0.15) is 4.37 Å². The molecule has 1 aliphatic carbocycles. The maximum absolute atomic E-state index is 13.8. The van der Waals surface area contributed by atoms with Crippen molar-refractivity contribution in [3.8, 4) is 0 Å². The zero-order valence-corrected chi connectivity index (χ0v) is 19.6. The SMILES string of the molecule is NC(=O)c1nsc(C(=O)N(Cc2ccc(F)cc2)C(C(=O)NC2CCCC2)c2ccncc2)c1N. The van der Waals surface area contributed by atoms with Crippen LogP contribution in [0.1, 0.15) is 63.0 Å². The molecule has 0 radical (unpaired) electrons. The molecule has 0 bridgehead atoms. The molecule has 1 aromatic carbocycles. The molecule has 11 heteroatoms. The highest BCUT2D eigenvalue weighted by molar-refractivity contribution is 7.09. The Morgan fingerprint density at radius 2 is 1.77 bits per heavy atom. The van der Waals surface area contributed by atoms with E-state index in [1.165, 1.54) is 29.4 Å². The summed E-state index contributed by atoms with van der Waals surface area (Å²) in [7, 11) is 0. The molecular formula is C24H25FN6O3S. The molecule has 4 rings (SSSR count). The number of nitrogens with one attached hydrogen (secondary N) is 1. The first-order valence-corrected chi connectivity index (χ1v) is 11.9. The zero-order valence-electron chi connectivity index (χ0n) is 18.8. The predicted molar refractivity (Wildman–Crippen MR) is 129 cm³/mol. The summed E-state index contributed by atoms with van der Waals surface area (Å²) >= 11 is 0.740. The van der Waals surface area contributed by atoms with Gasteiger partial charge in [0.1, 0.15) is 16.7 Å². The monoisotopic (exact) mass is 496 g/mol. The van der Waals surface area contributed by atoms with Gasteiger partial charge >= 0.3 is 0 Å². The fraction of sp³-hybridized carbons (Fsp3) is 0.292. The minimum absolute atomic E-state index is 0.00589. The van der Waals surface area contributed by atoms with Gasteiger partial charge in [-0.1, -0.05) is 25.0 Å². The molecule has 1 atom stereocenters. The molecule has 2 aromatic heterocycles. The van der Waals surface area contributed by atoms with E-state index in [2.05, 4.69) is 14.7 Å². The number of pyridine rings is 1. The van der Waals surface area contributed by atoms with Crippen molar-refractivity contribution in [2.75, 3.05) is 5.73 Å². The summed E-state index contributed by atoms with van der Waals surface area (Å²) in [5.41, 5.74) is 12.2. The van der Waals surface area contributed by atoms with Gasteiger partial charge in [0, 0.05) is 25.0 Å². The number of hydrogen-bond acceptors (Lipinski definition) is 7. The van der Waals surface area contributed by atoms with E-state index in [-0.39, 0.29) is 34.8 Å². The number of primary amides is 1. The average molecular weight is 497 g/mol. The Labute approximate surface area is 205 Å². The number of carbonyl (C=O) groups is 3. The third-order valence-corrected chi connectivity index (χ3v) is 6.82. The van der Waals surface area contributed by atoms with Crippen LogP contribution in [0.4, 0.5) is 10.1 Å². The van der Waals surface area contributed by atoms with Crippen LogP contribution in [0.5, 0.6) is 0 Å². The van der Waals surface area contributed by atoms with Crippen molar-refractivity contribution in [1.82, 2.24) is 19.6 Å². The Kier molecular flexibility index (Phi) is 7.35. The first kappa shape index (κ1) is 24.3. The number of nitrogens with zero attached hydrogens (tertiary/aromatic N) is 3. The molecule has 5 N–H and O–H groups in total. The van der Waals surface area contributed by atoms with Gasteiger partial charge < -0.3 is 21.7 Å². The summed E-state index contributed by atoms with van der Waals surface area (Å²) in [5, 5.41) is 3.07. The van der Waals surface area contributed by atoms with Gasteiger partial charge in [-0.05, 0) is 59.8 Å². The summed E-state index contributed by atoms with van der Waals surface area (Å²) in [6.07, 6.45) is 6.86. The topological polar surface area (TPSA) is 144 Å². The molecule has 35 heavy (non-hydrogen) atoms. The quantitative estimate of drug-likeness (QED) is 0.437. The second kappa shape index (κ2) is 10.6. The van der Waals surface area contributed by atoms with E-state index >= 15 is 0 Å². The fourth-order valence-corrected chi connectivity index (χ4v) is 4.96. The van der Waals surface area contributed by atoms with Crippen LogP contribution in [-0.4, -0.2) is 38.0 Å². The van der Waals surface area contributed by atoms with Crippen molar-refractivity contribution in [3.63, 3.8) is 0 Å². The molecule has 1 saturated carbocycles. The summed E-state index contributed by atoms with van der Waals surface area (Å²) in [4.78, 5) is 44.5. The number of rotatable bonds is 8. The van der Waals surface area contributed by atoms with Gasteiger partial charge in [-0.25, -0.2) is 4.39 Å². The van der Waals surface area contributed by atoms with Gasteiger partial charge in [-0.15, -0.1) is 0 Å². The lowest BCUT2D eigenvalue weighted by Crippen LogP contribution is -2.45. The molecule has 0 spiro atoms. The van der Waals surface area contributed by atoms with Gasteiger partial charge in [0.05, 0.1) is 5.69 Å². The highest BCUT2D eigenvalue weighted by Gasteiger charge is 2.36. The third-order valence-electron chi connectivity index (χ3n) is 5.97. The Bertz CT molecular complexity index is 1210. The van der Waals surface area contributed by atoms with Crippen LogP contribution < -0.4 is 16.8 Å². The molecule has 2 heterocycles. The first-order chi connectivity index (χ1) is 16.8. The molecule has 9 nitrogen and oxygen atoms in total. The van der Waals surface area contributed by atoms with Crippen molar-refractivity contribution in [1.29, 1.82) is 0 Å². The molecule has 0 saturated heterocycles.